The smallest absolute Gasteiger partial charge is 0.366 e. The summed E-state index contributed by atoms with van der Waals surface area (Å²) in [5.41, 5.74) is 1.78. The van der Waals surface area contributed by atoms with Crippen LogP contribution in [0.2, 0.25) is 0 Å². The van der Waals surface area contributed by atoms with Crippen molar-refractivity contribution in [2.45, 2.75) is 26.5 Å². The lowest BCUT2D eigenvalue weighted by Gasteiger charge is -2.18. The summed E-state index contributed by atoms with van der Waals surface area (Å²) in [6, 6.07) is 10.9. The van der Waals surface area contributed by atoms with Gasteiger partial charge in [0.2, 0.25) is 0 Å². The predicted octanol–water partition coefficient (Wildman–Crippen LogP) is 3.49. The third-order valence-electron chi connectivity index (χ3n) is 3.44. The van der Waals surface area contributed by atoms with E-state index in [1.165, 1.54) is 19.1 Å². The summed E-state index contributed by atoms with van der Waals surface area (Å²) in [6.45, 7) is 3.30. The van der Waals surface area contributed by atoms with E-state index in [-0.39, 0.29) is 17.1 Å². The molecule has 0 spiro atoms. The van der Waals surface area contributed by atoms with E-state index in [2.05, 4.69) is 5.32 Å². The second-order valence-corrected chi connectivity index (χ2v) is 5.24. The zero-order chi connectivity index (χ0) is 17.7. The van der Waals surface area contributed by atoms with Crippen molar-refractivity contribution in [3.8, 4) is 5.75 Å². The number of aryl methyl sites for hydroxylation is 1. The molecule has 0 fully saturated rings. The van der Waals surface area contributed by atoms with Crippen molar-refractivity contribution in [1.29, 1.82) is 0 Å². The lowest BCUT2D eigenvalue weighted by atomic mass is 10.1. The number of carbonyl (C=O) groups is 2. The number of Topliss-reactive ketones (excluding diaryl/α,β-unsaturated/α-hetero) is 1. The summed E-state index contributed by atoms with van der Waals surface area (Å²) in [7, 11) is 0. The van der Waals surface area contributed by atoms with Gasteiger partial charge in [0.05, 0.1) is 0 Å². The molecule has 0 aliphatic carbocycles. The summed E-state index contributed by atoms with van der Waals surface area (Å²) in [5, 5.41) is 12.0. The van der Waals surface area contributed by atoms with Gasteiger partial charge in [-0.25, -0.2) is 9.18 Å². The van der Waals surface area contributed by atoms with E-state index >= 15 is 0 Å². The van der Waals surface area contributed by atoms with Crippen LogP contribution in [0.1, 0.15) is 29.8 Å². The highest BCUT2D eigenvalue weighted by atomic mass is 19.1. The molecule has 1 unspecified atom stereocenters. The number of halogens is 1. The lowest BCUT2D eigenvalue weighted by Crippen LogP contribution is -2.35. The Morgan fingerprint density at radius 2 is 2.00 bits per heavy atom. The van der Waals surface area contributed by atoms with Gasteiger partial charge in [0.25, 0.3) is 6.23 Å². The molecule has 5 nitrogen and oxygen atoms in total. The van der Waals surface area contributed by atoms with Crippen LogP contribution in [0, 0.1) is 5.82 Å². The molecule has 2 N–H and O–H groups in total. The summed E-state index contributed by atoms with van der Waals surface area (Å²) >= 11 is 0. The number of carboxylic acid groups (broad SMARTS) is 1. The van der Waals surface area contributed by atoms with Crippen molar-refractivity contribution in [3.63, 3.8) is 0 Å². The molecule has 1 atom stereocenters. The highest BCUT2D eigenvalue weighted by Crippen LogP contribution is 2.21. The summed E-state index contributed by atoms with van der Waals surface area (Å²) in [5.74, 6) is -2.61. The number of rotatable bonds is 7. The molecule has 0 bridgehead atoms. The van der Waals surface area contributed by atoms with E-state index in [0.717, 1.165) is 18.1 Å². The molecule has 0 saturated heterocycles. The largest absolute Gasteiger partial charge is 0.477 e. The molecule has 2 aromatic carbocycles. The second-order valence-electron chi connectivity index (χ2n) is 5.24. The normalized spacial score (nSPS) is 11.6. The summed E-state index contributed by atoms with van der Waals surface area (Å²) in [6.07, 6.45) is -0.662. The molecular formula is C18H18FNO4. The third-order valence-corrected chi connectivity index (χ3v) is 3.44. The van der Waals surface area contributed by atoms with E-state index in [9.17, 15) is 19.1 Å². The van der Waals surface area contributed by atoms with Crippen LogP contribution in [-0.4, -0.2) is 23.1 Å². The van der Waals surface area contributed by atoms with Crippen LogP contribution >= 0.6 is 0 Å². The fourth-order valence-corrected chi connectivity index (χ4v) is 2.12. The number of ketones is 1. The molecule has 0 heterocycles. The quantitative estimate of drug-likeness (QED) is 0.600. The number of benzene rings is 2. The average molecular weight is 331 g/mol. The van der Waals surface area contributed by atoms with Crippen LogP contribution in [0.3, 0.4) is 0 Å². The number of hydrogen-bond donors (Lipinski definition) is 2. The van der Waals surface area contributed by atoms with Crippen LogP contribution in [0.15, 0.2) is 42.5 Å². The van der Waals surface area contributed by atoms with Gasteiger partial charge in [-0.3, -0.25) is 4.79 Å². The standard InChI is InChI=1S/C18H18FNO4/c1-3-12-5-4-6-14(9-12)20-17(18(22)23)24-16-8-7-13(11(2)21)10-15(16)19/h4-10,17,20H,3H2,1-2H3,(H,22,23). The van der Waals surface area contributed by atoms with Gasteiger partial charge in [0.1, 0.15) is 0 Å². The maximum Gasteiger partial charge on any atom is 0.366 e. The lowest BCUT2D eigenvalue weighted by molar-refractivity contribution is -0.143. The highest BCUT2D eigenvalue weighted by molar-refractivity contribution is 5.94. The maximum absolute atomic E-state index is 14.0. The van der Waals surface area contributed by atoms with Crippen molar-refractivity contribution >= 4 is 17.4 Å². The molecule has 0 aliphatic heterocycles. The minimum absolute atomic E-state index is 0.190. The molecule has 2 rings (SSSR count). The van der Waals surface area contributed by atoms with Crippen LogP contribution < -0.4 is 10.1 Å². The van der Waals surface area contributed by atoms with Gasteiger partial charge in [-0.1, -0.05) is 19.1 Å². The molecule has 126 valence electrons. The van der Waals surface area contributed by atoms with Gasteiger partial charge in [-0.05, 0) is 49.2 Å². The zero-order valence-corrected chi connectivity index (χ0v) is 13.4. The minimum Gasteiger partial charge on any atom is -0.477 e. The molecule has 0 aromatic heterocycles. The first-order valence-corrected chi connectivity index (χ1v) is 7.46. The number of ether oxygens (including phenoxy) is 1. The maximum atomic E-state index is 14.0. The van der Waals surface area contributed by atoms with E-state index in [1.807, 2.05) is 13.0 Å². The van der Waals surface area contributed by atoms with Gasteiger partial charge in [-0.15, -0.1) is 0 Å². The van der Waals surface area contributed by atoms with Crippen molar-refractivity contribution in [2.24, 2.45) is 0 Å². The van der Waals surface area contributed by atoms with Gasteiger partial charge in [0, 0.05) is 11.3 Å². The number of nitrogens with one attached hydrogen (secondary N) is 1. The Labute approximate surface area is 139 Å². The molecule has 0 saturated carbocycles. The predicted molar refractivity (Wildman–Crippen MR) is 87.9 cm³/mol. The first-order valence-electron chi connectivity index (χ1n) is 7.46. The summed E-state index contributed by atoms with van der Waals surface area (Å²) < 4.78 is 19.2. The Kier molecular flexibility index (Phi) is 5.52. The van der Waals surface area contributed by atoms with E-state index in [1.54, 1.807) is 18.2 Å². The Bertz CT molecular complexity index is 760. The molecule has 6 heteroatoms. The van der Waals surface area contributed by atoms with E-state index < -0.39 is 18.0 Å². The molecule has 0 radical (unpaired) electrons. The topological polar surface area (TPSA) is 75.6 Å². The first-order chi connectivity index (χ1) is 11.4. The van der Waals surface area contributed by atoms with Gasteiger partial charge in [0.15, 0.2) is 17.3 Å². The molecular weight excluding hydrogens is 313 g/mol. The Balaban J connectivity index is 2.19. The fourth-order valence-electron chi connectivity index (χ4n) is 2.12. The highest BCUT2D eigenvalue weighted by Gasteiger charge is 2.21. The van der Waals surface area contributed by atoms with Crippen molar-refractivity contribution < 1.29 is 23.8 Å². The molecule has 0 amide bonds. The van der Waals surface area contributed by atoms with Crippen molar-refractivity contribution in [1.82, 2.24) is 0 Å². The average Bonchev–Trinajstić information content (AvgIpc) is 2.55. The SMILES string of the molecule is CCc1cccc(NC(Oc2ccc(C(C)=O)cc2F)C(=O)O)c1. The molecule has 24 heavy (non-hydrogen) atoms. The van der Waals surface area contributed by atoms with Crippen LogP contribution in [-0.2, 0) is 11.2 Å². The van der Waals surface area contributed by atoms with Crippen molar-refractivity contribution in [3.05, 3.63) is 59.4 Å². The van der Waals surface area contributed by atoms with Gasteiger partial charge >= 0.3 is 5.97 Å². The monoisotopic (exact) mass is 331 g/mol. The Hall–Kier alpha value is -2.89. The van der Waals surface area contributed by atoms with E-state index in [4.69, 9.17) is 4.74 Å². The van der Waals surface area contributed by atoms with Crippen molar-refractivity contribution in [2.75, 3.05) is 5.32 Å². The van der Waals surface area contributed by atoms with Gasteiger partial charge in [-0.2, -0.15) is 0 Å². The number of carboxylic acids is 1. The zero-order valence-electron chi connectivity index (χ0n) is 13.4. The second kappa shape index (κ2) is 7.59. The Morgan fingerprint density at radius 1 is 1.25 bits per heavy atom. The van der Waals surface area contributed by atoms with Gasteiger partial charge < -0.3 is 15.2 Å². The van der Waals surface area contributed by atoms with Crippen LogP contribution in [0.25, 0.3) is 0 Å². The number of anilines is 1. The molecule has 0 aliphatic rings. The van der Waals surface area contributed by atoms with E-state index in [0.29, 0.717) is 5.69 Å². The fraction of sp³-hybridized carbons (Fsp3) is 0.222. The number of hydrogen-bond acceptors (Lipinski definition) is 4. The molecule has 2 aromatic rings. The first kappa shape index (κ1) is 17.5. The minimum atomic E-state index is -1.46. The summed E-state index contributed by atoms with van der Waals surface area (Å²) in [4.78, 5) is 22.6. The third kappa shape index (κ3) is 4.32. The van der Waals surface area contributed by atoms with Crippen LogP contribution in [0.4, 0.5) is 10.1 Å². The Morgan fingerprint density at radius 3 is 2.58 bits per heavy atom. The number of carbonyl (C=O) groups excluding carboxylic acids is 1. The number of aliphatic carboxylic acids is 1. The van der Waals surface area contributed by atoms with Crippen LogP contribution in [0.5, 0.6) is 5.75 Å².